The Kier molecular flexibility index (Phi) is 6.10. The molecule has 4 nitrogen and oxygen atoms in total. The lowest BCUT2D eigenvalue weighted by atomic mass is 9.84. The first-order chi connectivity index (χ1) is 22.8. The van der Waals surface area contributed by atoms with Gasteiger partial charge in [-0.1, -0.05) is 127 Å². The van der Waals surface area contributed by atoms with Crippen molar-refractivity contribution in [2.75, 3.05) is 0 Å². The molecule has 0 bridgehead atoms. The highest BCUT2D eigenvalue weighted by atomic mass is 16.3. The Morgan fingerprint density at radius 3 is 1.43 bits per heavy atom. The monoisotopic (exact) mass is 590 g/mol. The van der Waals surface area contributed by atoms with Crippen LogP contribution in [0.5, 0.6) is 0 Å². The van der Waals surface area contributed by atoms with Crippen LogP contribution in [0.2, 0.25) is 0 Å². The summed E-state index contributed by atoms with van der Waals surface area (Å²) in [5.41, 5.74) is 9.11. The SMILES string of the molecule is c1ccc2c(-c3ccc4c(-c5ccc(-c6cnco6)cc5)c5ccccc5c(-c5ccc(-c6cnco6)cc5)c4c3)cccc2c1. The number of hydrogen-bond acceptors (Lipinski definition) is 4. The fourth-order valence-electron chi connectivity index (χ4n) is 6.76. The highest BCUT2D eigenvalue weighted by molar-refractivity contribution is 6.22. The summed E-state index contributed by atoms with van der Waals surface area (Å²) in [6.07, 6.45) is 6.43. The largest absolute Gasteiger partial charge is 0.444 e. The molecule has 4 heteroatoms. The molecule has 2 aromatic heterocycles. The predicted octanol–water partition coefficient (Wildman–Crippen LogP) is 11.5. The standard InChI is InChI=1S/C42H26N2O2/c1-2-8-33-27(6-1)7-5-11-34(33)32-20-21-37-38(22-32)42(31-18-14-29(15-19-31)40-24-44-26-46-40)36-10-4-3-9-35(36)41(37)30-16-12-28(13-17-30)39-23-43-25-45-39/h1-26H. The van der Waals surface area contributed by atoms with Crippen molar-refractivity contribution in [3.63, 3.8) is 0 Å². The minimum atomic E-state index is 0.753. The van der Waals surface area contributed by atoms with Crippen LogP contribution in [0.25, 0.3) is 88.3 Å². The summed E-state index contributed by atoms with van der Waals surface area (Å²) in [5, 5.41) is 7.28. The van der Waals surface area contributed by atoms with E-state index in [2.05, 4.69) is 143 Å². The van der Waals surface area contributed by atoms with Gasteiger partial charge in [0.15, 0.2) is 24.3 Å². The van der Waals surface area contributed by atoms with Crippen LogP contribution >= 0.6 is 0 Å². The number of rotatable bonds is 5. The maximum Gasteiger partial charge on any atom is 0.181 e. The molecule has 0 aliphatic heterocycles. The number of nitrogens with zero attached hydrogens (tertiary/aromatic N) is 2. The summed E-state index contributed by atoms with van der Waals surface area (Å²) in [4.78, 5) is 8.20. The van der Waals surface area contributed by atoms with Crippen LogP contribution in [0.3, 0.4) is 0 Å². The molecule has 46 heavy (non-hydrogen) atoms. The van der Waals surface area contributed by atoms with Crippen LogP contribution in [0.15, 0.2) is 167 Å². The van der Waals surface area contributed by atoms with Crippen LogP contribution in [0.1, 0.15) is 0 Å². The third kappa shape index (κ3) is 4.31. The number of fused-ring (bicyclic) bond motifs is 3. The number of benzene rings is 7. The van der Waals surface area contributed by atoms with Gasteiger partial charge in [-0.25, -0.2) is 9.97 Å². The van der Waals surface area contributed by atoms with E-state index >= 15 is 0 Å². The van der Waals surface area contributed by atoms with Crippen LogP contribution in [-0.4, -0.2) is 9.97 Å². The molecular formula is C42H26N2O2. The lowest BCUT2D eigenvalue weighted by Crippen LogP contribution is -1.92. The third-order valence-corrected chi connectivity index (χ3v) is 8.91. The molecule has 7 aromatic carbocycles. The molecule has 0 amide bonds. The van der Waals surface area contributed by atoms with E-state index in [9.17, 15) is 0 Å². The molecule has 0 spiro atoms. The first kappa shape index (κ1) is 26.2. The smallest absolute Gasteiger partial charge is 0.181 e. The Bertz CT molecular complexity index is 2490. The van der Waals surface area contributed by atoms with Crippen molar-refractivity contribution in [2.45, 2.75) is 0 Å². The van der Waals surface area contributed by atoms with E-state index in [1.165, 1.54) is 67.4 Å². The molecule has 0 radical (unpaired) electrons. The second-order valence-corrected chi connectivity index (χ2v) is 11.5. The topological polar surface area (TPSA) is 52.1 Å². The van der Waals surface area contributed by atoms with Gasteiger partial charge in [-0.3, -0.25) is 0 Å². The fourth-order valence-corrected chi connectivity index (χ4v) is 6.76. The lowest BCUT2D eigenvalue weighted by molar-refractivity contribution is 0.571. The zero-order chi connectivity index (χ0) is 30.5. The van der Waals surface area contributed by atoms with Gasteiger partial charge in [-0.05, 0) is 71.8 Å². The Morgan fingerprint density at radius 2 is 0.848 bits per heavy atom. The molecular weight excluding hydrogens is 564 g/mol. The summed E-state index contributed by atoms with van der Waals surface area (Å²) in [7, 11) is 0. The van der Waals surface area contributed by atoms with Gasteiger partial charge in [0, 0.05) is 11.1 Å². The molecule has 0 aliphatic carbocycles. The van der Waals surface area contributed by atoms with Crippen molar-refractivity contribution >= 4 is 32.3 Å². The molecule has 0 aliphatic rings. The Labute approximate surface area is 265 Å². The molecule has 0 saturated carbocycles. The normalized spacial score (nSPS) is 11.5. The summed E-state index contributed by atoms with van der Waals surface area (Å²) in [6, 6.07) is 48.0. The van der Waals surface area contributed by atoms with Gasteiger partial charge in [0.25, 0.3) is 0 Å². The average Bonchev–Trinajstić information content (AvgIpc) is 3.87. The van der Waals surface area contributed by atoms with Gasteiger partial charge in [0.05, 0.1) is 12.4 Å². The summed E-state index contributed by atoms with van der Waals surface area (Å²) >= 11 is 0. The van der Waals surface area contributed by atoms with Crippen molar-refractivity contribution < 1.29 is 8.83 Å². The molecule has 0 fully saturated rings. The zero-order valence-electron chi connectivity index (χ0n) is 24.7. The Balaban J connectivity index is 1.33. The highest BCUT2D eigenvalue weighted by Crippen LogP contribution is 2.45. The van der Waals surface area contributed by atoms with E-state index in [1.807, 2.05) is 0 Å². The van der Waals surface area contributed by atoms with E-state index < -0.39 is 0 Å². The second kappa shape index (κ2) is 10.7. The van der Waals surface area contributed by atoms with Gasteiger partial charge in [-0.2, -0.15) is 0 Å². The first-order valence-electron chi connectivity index (χ1n) is 15.3. The molecule has 216 valence electrons. The molecule has 0 atom stereocenters. The van der Waals surface area contributed by atoms with Gasteiger partial charge in [-0.15, -0.1) is 0 Å². The van der Waals surface area contributed by atoms with Gasteiger partial charge in [0.1, 0.15) is 0 Å². The molecule has 9 rings (SSSR count). The molecule has 0 saturated heterocycles. The zero-order valence-corrected chi connectivity index (χ0v) is 24.7. The van der Waals surface area contributed by atoms with Crippen molar-refractivity contribution in [3.8, 4) is 56.0 Å². The quantitative estimate of drug-likeness (QED) is 0.187. The van der Waals surface area contributed by atoms with E-state index in [0.29, 0.717) is 0 Å². The number of aromatic nitrogens is 2. The van der Waals surface area contributed by atoms with Gasteiger partial charge < -0.3 is 8.83 Å². The summed E-state index contributed by atoms with van der Waals surface area (Å²) in [6.45, 7) is 0. The molecule has 0 unspecified atom stereocenters. The average molecular weight is 591 g/mol. The molecule has 2 heterocycles. The predicted molar refractivity (Wildman–Crippen MR) is 186 cm³/mol. The molecule has 9 aromatic rings. The van der Waals surface area contributed by atoms with E-state index in [4.69, 9.17) is 8.83 Å². The van der Waals surface area contributed by atoms with E-state index in [-0.39, 0.29) is 0 Å². The summed E-state index contributed by atoms with van der Waals surface area (Å²) < 4.78 is 11.1. The minimum absolute atomic E-state index is 0.753. The summed E-state index contributed by atoms with van der Waals surface area (Å²) in [5.74, 6) is 1.51. The second-order valence-electron chi connectivity index (χ2n) is 11.5. The maximum absolute atomic E-state index is 5.58. The Hall–Kier alpha value is -6.26. The Morgan fingerprint density at radius 1 is 0.370 bits per heavy atom. The third-order valence-electron chi connectivity index (χ3n) is 8.91. The number of hydrogen-bond donors (Lipinski definition) is 0. The number of oxazole rings is 2. The van der Waals surface area contributed by atoms with Crippen molar-refractivity contribution in [3.05, 3.63) is 159 Å². The van der Waals surface area contributed by atoms with Crippen molar-refractivity contribution in [1.29, 1.82) is 0 Å². The molecule has 0 N–H and O–H groups in total. The lowest BCUT2D eigenvalue weighted by Gasteiger charge is -2.19. The van der Waals surface area contributed by atoms with Gasteiger partial charge >= 0.3 is 0 Å². The van der Waals surface area contributed by atoms with Gasteiger partial charge in [0.2, 0.25) is 0 Å². The van der Waals surface area contributed by atoms with E-state index in [1.54, 1.807) is 12.4 Å². The van der Waals surface area contributed by atoms with E-state index in [0.717, 1.165) is 33.8 Å². The van der Waals surface area contributed by atoms with Crippen molar-refractivity contribution in [1.82, 2.24) is 9.97 Å². The van der Waals surface area contributed by atoms with Crippen LogP contribution in [0.4, 0.5) is 0 Å². The minimum Gasteiger partial charge on any atom is -0.444 e. The van der Waals surface area contributed by atoms with Crippen LogP contribution < -0.4 is 0 Å². The van der Waals surface area contributed by atoms with Crippen LogP contribution in [0, 0.1) is 0 Å². The first-order valence-corrected chi connectivity index (χ1v) is 15.3. The fraction of sp³-hybridized carbons (Fsp3) is 0. The van der Waals surface area contributed by atoms with Crippen molar-refractivity contribution in [2.24, 2.45) is 0 Å². The highest BCUT2D eigenvalue weighted by Gasteiger charge is 2.18. The maximum atomic E-state index is 5.58. The van der Waals surface area contributed by atoms with Crippen LogP contribution in [-0.2, 0) is 0 Å².